The highest BCUT2D eigenvalue weighted by Crippen LogP contribution is 2.29. The highest BCUT2D eigenvalue weighted by molar-refractivity contribution is 5.85. The first-order valence-electron chi connectivity index (χ1n) is 6.25. The van der Waals surface area contributed by atoms with Crippen LogP contribution in [0.25, 0.3) is 0 Å². The molecule has 0 aromatic heterocycles. The Hall–Kier alpha value is -1.10. The van der Waals surface area contributed by atoms with E-state index in [1.807, 2.05) is 0 Å². The molecule has 0 radical (unpaired) electrons. The molecule has 5 nitrogen and oxygen atoms in total. The number of nitrogens with two attached hydrogens (primary N) is 2. The molecule has 0 aromatic carbocycles. The lowest BCUT2D eigenvalue weighted by molar-refractivity contribution is -0.133. The van der Waals surface area contributed by atoms with Crippen molar-refractivity contribution in [2.24, 2.45) is 16.9 Å². The molecule has 0 spiro atoms. The van der Waals surface area contributed by atoms with Crippen LogP contribution in [0.4, 0.5) is 0 Å². The van der Waals surface area contributed by atoms with Crippen molar-refractivity contribution in [2.45, 2.75) is 45.6 Å². The molecule has 1 heterocycles. The number of carbonyl (C=O) groups is 2. The normalized spacial score (nSPS) is 25.9. The molecule has 1 aliphatic rings. The van der Waals surface area contributed by atoms with E-state index in [4.69, 9.17) is 11.5 Å². The minimum atomic E-state index is -0.583. The van der Waals surface area contributed by atoms with Crippen LogP contribution in [0.2, 0.25) is 0 Å². The van der Waals surface area contributed by atoms with Gasteiger partial charge in [0.2, 0.25) is 11.8 Å². The predicted molar refractivity (Wildman–Crippen MR) is 66.0 cm³/mol. The lowest BCUT2D eigenvalue weighted by atomic mass is 9.89. The van der Waals surface area contributed by atoms with E-state index >= 15 is 0 Å². The minimum Gasteiger partial charge on any atom is -0.369 e. The number of unbranched alkanes of at least 4 members (excludes halogenated alkanes) is 1. The topological polar surface area (TPSA) is 89.4 Å². The van der Waals surface area contributed by atoms with Crippen molar-refractivity contribution in [3.63, 3.8) is 0 Å². The van der Waals surface area contributed by atoms with E-state index in [0.29, 0.717) is 25.9 Å². The molecule has 0 bridgehead atoms. The molecule has 4 N–H and O–H groups in total. The fourth-order valence-corrected chi connectivity index (χ4v) is 2.13. The lowest BCUT2D eigenvalue weighted by Gasteiger charge is -2.23. The highest BCUT2D eigenvalue weighted by atomic mass is 16.2. The van der Waals surface area contributed by atoms with Gasteiger partial charge in [-0.1, -0.05) is 19.8 Å². The molecule has 0 aliphatic carbocycles. The maximum Gasteiger partial charge on any atom is 0.239 e. The molecule has 0 saturated carbocycles. The first-order chi connectivity index (χ1) is 7.90. The number of carbonyl (C=O) groups excluding carboxylic acids is 2. The maximum absolute atomic E-state index is 12.0. The van der Waals surface area contributed by atoms with Gasteiger partial charge in [-0.05, 0) is 19.8 Å². The highest BCUT2D eigenvalue weighted by Gasteiger charge is 2.41. The summed E-state index contributed by atoms with van der Waals surface area (Å²) in [4.78, 5) is 25.0. The number of hydrogen-bond donors (Lipinski definition) is 2. The zero-order valence-corrected chi connectivity index (χ0v) is 10.7. The smallest absolute Gasteiger partial charge is 0.239 e. The average Bonchev–Trinajstić information content (AvgIpc) is 2.69. The first-order valence-corrected chi connectivity index (χ1v) is 6.25. The van der Waals surface area contributed by atoms with Crippen LogP contribution in [0.1, 0.15) is 39.5 Å². The summed E-state index contributed by atoms with van der Waals surface area (Å²) in [5.74, 6) is -0.390. The van der Waals surface area contributed by atoms with Gasteiger partial charge >= 0.3 is 0 Å². The van der Waals surface area contributed by atoms with E-state index in [9.17, 15) is 9.59 Å². The number of hydrogen-bond acceptors (Lipinski definition) is 3. The van der Waals surface area contributed by atoms with Gasteiger partial charge in [-0.25, -0.2) is 0 Å². The number of rotatable bonds is 5. The van der Waals surface area contributed by atoms with Crippen LogP contribution in [-0.2, 0) is 9.59 Å². The predicted octanol–water partition coefficient (Wildman–Crippen LogP) is 0.228. The number of likely N-dealkylation sites (tertiary alicyclic amines) is 1. The SMILES string of the molecule is CCCCC(N)C(=O)N1CCC(C)(C(N)=O)C1. The number of nitrogens with zero attached hydrogens (tertiary/aromatic N) is 1. The van der Waals surface area contributed by atoms with Gasteiger partial charge in [0.25, 0.3) is 0 Å². The summed E-state index contributed by atoms with van der Waals surface area (Å²) in [6, 6.07) is -0.440. The molecule has 2 unspecified atom stereocenters. The van der Waals surface area contributed by atoms with Crippen molar-refractivity contribution in [3.05, 3.63) is 0 Å². The van der Waals surface area contributed by atoms with Gasteiger partial charge in [0.15, 0.2) is 0 Å². The Morgan fingerprint density at radius 1 is 1.47 bits per heavy atom. The van der Waals surface area contributed by atoms with Gasteiger partial charge in [0.05, 0.1) is 11.5 Å². The average molecular weight is 241 g/mol. The molecular weight excluding hydrogens is 218 g/mol. The molecule has 98 valence electrons. The summed E-state index contributed by atoms with van der Waals surface area (Å²) >= 11 is 0. The van der Waals surface area contributed by atoms with Crippen LogP contribution in [0.5, 0.6) is 0 Å². The Balaban J connectivity index is 2.53. The monoisotopic (exact) mass is 241 g/mol. The van der Waals surface area contributed by atoms with E-state index in [1.165, 1.54) is 0 Å². The Kier molecular flexibility index (Phi) is 4.51. The molecule has 0 aromatic rings. The molecule has 1 fully saturated rings. The van der Waals surface area contributed by atoms with E-state index in [0.717, 1.165) is 12.8 Å². The molecule has 2 amide bonds. The Morgan fingerprint density at radius 2 is 2.12 bits per heavy atom. The molecule has 5 heteroatoms. The van der Waals surface area contributed by atoms with Crippen molar-refractivity contribution in [1.82, 2.24) is 4.90 Å². The standard InChI is InChI=1S/C12H23N3O2/c1-3-4-5-9(13)10(16)15-7-6-12(2,8-15)11(14)17/h9H,3-8,13H2,1-2H3,(H2,14,17). The molecule has 17 heavy (non-hydrogen) atoms. The second-order valence-electron chi connectivity index (χ2n) is 5.18. The summed E-state index contributed by atoms with van der Waals surface area (Å²) in [6.45, 7) is 4.86. The van der Waals surface area contributed by atoms with Crippen LogP contribution in [0.15, 0.2) is 0 Å². The molecular formula is C12H23N3O2. The summed E-state index contributed by atoms with van der Waals surface area (Å²) in [6.07, 6.45) is 3.32. The van der Waals surface area contributed by atoms with Gasteiger partial charge in [-0.3, -0.25) is 9.59 Å². The quantitative estimate of drug-likeness (QED) is 0.722. The van der Waals surface area contributed by atoms with Crippen LogP contribution in [0, 0.1) is 5.41 Å². The van der Waals surface area contributed by atoms with Crippen LogP contribution < -0.4 is 11.5 Å². The Bertz CT molecular complexity index is 306. The third-order valence-electron chi connectivity index (χ3n) is 3.57. The van der Waals surface area contributed by atoms with E-state index < -0.39 is 11.5 Å². The zero-order valence-electron chi connectivity index (χ0n) is 10.7. The van der Waals surface area contributed by atoms with Gasteiger partial charge in [-0.15, -0.1) is 0 Å². The van der Waals surface area contributed by atoms with Crippen molar-refractivity contribution in [2.75, 3.05) is 13.1 Å². The van der Waals surface area contributed by atoms with Crippen LogP contribution in [0.3, 0.4) is 0 Å². The maximum atomic E-state index is 12.0. The molecule has 2 atom stereocenters. The van der Waals surface area contributed by atoms with Gasteiger partial charge in [0, 0.05) is 13.1 Å². The van der Waals surface area contributed by atoms with E-state index in [-0.39, 0.29) is 11.8 Å². The second kappa shape index (κ2) is 5.49. The van der Waals surface area contributed by atoms with Gasteiger partial charge in [-0.2, -0.15) is 0 Å². The zero-order chi connectivity index (χ0) is 13.1. The van der Waals surface area contributed by atoms with Gasteiger partial charge < -0.3 is 16.4 Å². The fraction of sp³-hybridized carbons (Fsp3) is 0.833. The molecule has 1 saturated heterocycles. The van der Waals surface area contributed by atoms with Crippen LogP contribution >= 0.6 is 0 Å². The minimum absolute atomic E-state index is 0.0524. The van der Waals surface area contributed by atoms with Crippen molar-refractivity contribution in [3.8, 4) is 0 Å². The Morgan fingerprint density at radius 3 is 2.59 bits per heavy atom. The summed E-state index contributed by atoms with van der Waals surface area (Å²) in [7, 11) is 0. The summed E-state index contributed by atoms with van der Waals surface area (Å²) in [5.41, 5.74) is 10.6. The third-order valence-corrected chi connectivity index (χ3v) is 3.57. The van der Waals surface area contributed by atoms with E-state index in [2.05, 4.69) is 6.92 Å². The van der Waals surface area contributed by atoms with Crippen molar-refractivity contribution >= 4 is 11.8 Å². The third kappa shape index (κ3) is 3.19. The largest absolute Gasteiger partial charge is 0.369 e. The lowest BCUT2D eigenvalue weighted by Crippen LogP contribution is -2.45. The number of primary amides is 1. The van der Waals surface area contributed by atoms with Crippen molar-refractivity contribution < 1.29 is 9.59 Å². The summed E-state index contributed by atoms with van der Waals surface area (Å²) in [5, 5.41) is 0. The fourth-order valence-electron chi connectivity index (χ4n) is 2.13. The van der Waals surface area contributed by atoms with Crippen molar-refractivity contribution in [1.29, 1.82) is 0 Å². The van der Waals surface area contributed by atoms with E-state index in [1.54, 1.807) is 11.8 Å². The second-order valence-corrected chi connectivity index (χ2v) is 5.18. The van der Waals surface area contributed by atoms with Crippen LogP contribution in [-0.4, -0.2) is 35.8 Å². The number of amides is 2. The summed E-state index contributed by atoms with van der Waals surface area (Å²) < 4.78 is 0. The first kappa shape index (κ1) is 14.0. The molecule has 1 rings (SSSR count). The Labute approximate surface area is 103 Å². The van der Waals surface area contributed by atoms with Gasteiger partial charge in [0.1, 0.15) is 0 Å². The molecule has 1 aliphatic heterocycles.